The fourth-order valence-corrected chi connectivity index (χ4v) is 2.05. The van der Waals surface area contributed by atoms with Crippen LogP contribution in [0.25, 0.3) is 0 Å². The Morgan fingerprint density at radius 3 is 2.69 bits per heavy atom. The van der Waals surface area contributed by atoms with Crippen LogP contribution in [-0.2, 0) is 9.53 Å². The van der Waals surface area contributed by atoms with Crippen molar-refractivity contribution in [3.63, 3.8) is 0 Å². The van der Waals surface area contributed by atoms with E-state index in [0.717, 1.165) is 32.1 Å². The van der Waals surface area contributed by atoms with Crippen LogP contribution >= 0.6 is 0 Å². The monoisotopic (exact) mass is 229 g/mol. The molecule has 1 unspecified atom stereocenters. The van der Waals surface area contributed by atoms with E-state index < -0.39 is 6.10 Å². The molecule has 94 valence electrons. The molecule has 0 aliphatic heterocycles. The van der Waals surface area contributed by atoms with Crippen LogP contribution in [-0.4, -0.2) is 36.4 Å². The van der Waals surface area contributed by atoms with E-state index in [4.69, 9.17) is 4.74 Å². The molecule has 16 heavy (non-hydrogen) atoms. The Hall–Kier alpha value is -0.610. The minimum absolute atomic E-state index is 0.0169. The molecule has 1 saturated carbocycles. The maximum atomic E-state index is 11.6. The van der Waals surface area contributed by atoms with E-state index in [1.165, 1.54) is 0 Å². The van der Waals surface area contributed by atoms with Crippen molar-refractivity contribution in [1.82, 2.24) is 5.32 Å². The maximum Gasteiger partial charge on any atom is 0.222 e. The Morgan fingerprint density at radius 1 is 1.56 bits per heavy atom. The summed E-state index contributed by atoms with van der Waals surface area (Å²) in [6, 6.07) is 0. The summed E-state index contributed by atoms with van der Waals surface area (Å²) in [5.41, 5.74) is -0.222. The average molecular weight is 229 g/mol. The second-order valence-electron chi connectivity index (χ2n) is 4.66. The first-order chi connectivity index (χ1) is 7.62. The number of carbonyl (C=O) groups is 1. The summed E-state index contributed by atoms with van der Waals surface area (Å²) in [6.45, 7) is 2.37. The molecule has 4 nitrogen and oxygen atoms in total. The predicted molar refractivity (Wildman–Crippen MR) is 62.1 cm³/mol. The number of methoxy groups -OCH3 is 1. The lowest BCUT2D eigenvalue weighted by Gasteiger charge is -2.39. The molecule has 1 atom stereocenters. The van der Waals surface area contributed by atoms with Crippen molar-refractivity contribution in [2.24, 2.45) is 0 Å². The molecule has 1 aliphatic carbocycles. The van der Waals surface area contributed by atoms with Gasteiger partial charge in [-0.1, -0.05) is 13.3 Å². The van der Waals surface area contributed by atoms with Crippen LogP contribution in [0.1, 0.15) is 45.4 Å². The maximum absolute atomic E-state index is 11.6. The molecule has 0 spiro atoms. The highest BCUT2D eigenvalue weighted by Gasteiger charge is 2.38. The van der Waals surface area contributed by atoms with Crippen molar-refractivity contribution in [2.75, 3.05) is 13.7 Å². The van der Waals surface area contributed by atoms with Gasteiger partial charge in [0.15, 0.2) is 0 Å². The van der Waals surface area contributed by atoms with Crippen molar-refractivity contribution in [1.29, 1.82) is 0 Å². The Kier molecular flexibility index (Phi) is 5.22. The SMILES string of the molecule is CCCC(O)CNC(=O)CC1(OC)CCC1. The smallest absolute Gasteiger partial charge is 0.222 e. The first-order valence-electron chi connectivity index (χ1n) is 6.12. The molecular weight excluding hydrogens is 206 g/mol. The molecule has 0 bridgehead atoms. The number of rotatable bonds is 7. The first-order valence-corrected chi connectivity index (χ1v) is 6.12. The topological polar surface area (TPSA) is 58.6 Å². The lowest BCUT2D eigenvalue weighted by atomic mass is 9.77. The molecule has 4 heteroatoms. The van der Waals surface area contributed by atoms with Gasteiger partial charge >= 0.3 is 0 Å². The molecule has 1 rings (SSSR count). The lowest BCUT2D eigenvalue weighted by molar-refractivity contribution is -0.134. The van der Waals surface area contributed by atoms with Gasteiger partial charge < -0.3 is 15.2 Å². The van der Waals surface area contributed by atoms with E-state index in [9.17, 15) is 9.90 Å². The number of carbonyl (C=O) groups excluding carboxylic acids is 1. The Morgan fingerprint density at radius 2 is 2.25 bits per heavy atom. The number of aliphatic hydroxyl groups is 1. The van der Waals surface area contributed by atoms with Crippen molar-refractivity contribution < 1.29 is 14.6 Å². The number of aliphatic hydroxyl groups excluding tert-OH is 1. The van der Waals surface area contributed by atoms with E-state index >= 15 is 0 Å². The zero-order valence-corrected chi connectivity index (χ0v) is 10.3. The van der Waals surface area contributed by atoms with Crippen LogP contribution in [0.5, 0.6) is 0 Å². The van der Waals surface area contributed by atoms with Crippen LogP contribution in [0.4, 0.5) is 0 Å². The van der Waals surface area contributed by atoms with Crippen molar-refractivity contribution in [3.8, 4) is 0 Å². The van der Waals surface area contributed by atoms with Crippen molar-refractivity contribution in [3.05, 3.63) is 0 Å². The Labute approximate surface area is 97.4 Å². The summed E-state index contributed by atoms with van der Waals surface area (Å²) in [6.07, 6.45) is 4.73. The molecular formula is C12H23NO3. The average Bonchev–Trinajstić information content (AvgIpc) is 2.21. The van der Waals surface area contributed by atoms with Crippen molar-refractivity contribution in [2.45, 2.75) is 57.2 Å². The van der Waals surface area contributed by atoms with Crippen LogP contribution in [0.2, 0.25) is 0 Å². The summed E-state index contributed by atoms with van der Waals surface area (Å²) in [5, 5.41) is 12.2. The largest absolute Gasteiger partial charge is 0.391 e. The van der Waals surface area contributed by atoms with Gasteiger partial charge in [0, 0.05) is 13.7 Å². The quantitative estimate of drug-likeness (QED) is 0.690. The lowest BCUT2D eigenvalue weighted by Crippen LogP contribution is -2.45. The third-order valence-electron chi connectivity index (χ3n) is 3.34. The van der Waals surface area contributed by atoms with Gasteiger partial charge in [0.2, 0.25) is 5.91 Å². The van der Waals surface area contributed by atoms with E-state index in [2.05, 4.69) is 5.32 Å². The van der Waals surface area contributed by atoms with Gasteiger partial charge in [-0.05, 0) is 25.7 Å². The summed E-state index contributed by atoms with van der Waals surface area (Å²) in [7, 11) is 1.67. The van der Waals surface area contributed by atoms with Crippen LogP contribution < -0.4 is 5.32 Å². The highest BCUT2D eigenvalue weighted by atomic mass is 16.5. The summed E-state index contributed by atoms with van der Waals surface area (Å²) >= 11 is 0. The third-order valence-corrected chi connectivity index (χ3v) is 3.34. The van der Waals surface area contributed by atoms with E-state index in [0.29, 0.717) is 13.0 Å². The first kappa shape index (κ1) is 13.5. The van der Waals surface area contributed by atoms with Gasteiger partial charge in [-0.3, -0.25) is 4.79 Å². The molecule has 0 radical (unpaired) electrons. The number of amides is 1. The molecule has 0 aromatic carbocycles. The molecule has 0 heterocycles. The third kappa shape index (κ3) is 3.76. The van der Waals surface area contributed by atoms with Gasteiger partial charge in [-0.25, -0.2) is 0 Å². The zero-order valence-electron chi connectivity index (χ0n) is 10.3. The van der Waals surface area contributed by atoms with Gasteiger partial charge in [0.25, 0.3) is 0 Å². The normalized spacial score (nSPS) is 19.9. The minimum Gasteiger partial charge on any atom is -0.391 e. The summed E-state index contributed by atoms with van der Waals surface area (Å²) in [5.74, 6) is -0.0169. The highest BCUT2D eigenvalue weighted by Crippen LogP contribution is 2.37. The second kappa shape index (κ2) is 6.21. The van der Waals surface area contributed by atoms with Crippen molar-refractivity contribution >= 4 is 5.91 Å². The molecule has 1 fully saturated rings. The van der Waals surface area contributed by atoms with Gasteiger partial charge in [0.1, 0.15) is 0 Å². The molecule has 0 aromatic heterocycles. The Bertz CT molecular complexity index is 221. The fraction of sp³-hybridized carbons (Fsp3) is 0.917. The van der Waals surface area contributed by atoms with Gasteiger partial charge in [0.05, 0.1) is 18.1 Å². The number of hydrogen-bond donors (Lipinski definition) is 2. The molecule has 0 aromatic rings. The minimum atomic E-state index is -0.422. The number of nitrogens with one attached hydrogen (secondary N) is 1. The van der Waals surface area contributed by atoms with Gasteiger partial charge in [-0.2, -0.15) is 0 Å². The van der Waals surface area contributed by atoms with Crippen LogP contribution in [0.3, 0.4) is 0 Å². The molecule has 1 amide bonds. The van der Waals surface area contributed by atoms with E-state index in [1.807, 2.05) is 6.92 Å². The zero-order chi connectivity index (χ0) is 12.0. The number of ether oxygens (including phenoxy) is 1. The Balaban J connectivity index is 2.20. The predicted octanol–water partition coefficient (Wildman–Crippen LogP) is 1.22. The van der Waals surface area contributed by atoms with E-state index in [-0.39, 0.29) is 11.5 Å². The second-order valence-corrected chi connectivity index (χ2v) is 4.66. The van der Waals surface area contributed by atoms with Crippen LogP contribution in [0.15, 0.2) is 0 Å². The molecule has 0 saturated heterocycles. The fourth-order valence-electron chi connectivity index (χ4n) is 2.05. The summed E-state index contributed by atoms with van der Waals surface area (Å²) < 4.78 is 5.38. The standard InChI is InChI=1S/C12H23NO3/c1-3-5-10(14)9-13-11(15)8-12(16-2)6-4-7-12/h10,14H,3-9H2,1-2H3,(H,13,15). The highest BCUT2D eigenvalue weighted by molar-refractivity contribution is 5.77. The summed E-state index contributed by atoms with van der Waals surface area (Å²) in [4.78, 5) is 11.6. The molecule has 2 N–H and O–H groups in total. The van der Waals surface area contributed by atoms with Gasteiger partial charge in [-0.15, -0.1) is 0 Å². The molecule has 1 aliphatic rings. The van der Waals surface area contributed by atoms with Crippen LogP contribution in [0, 0.1) is 0 Å². The number of hydrogen-bond acceptors (Lipinski definition) is 3. The van der Waals surface area contributed by atoms with E-state index in [1.54, 1.807) is 7.11 Å².